The first-order valence-electron chi connectivity index (χ1n) is 10.2. The van der Waals surface area contributed by atoms with E-state index in [4.69, 9.17) is 9.57 Å². The molecule has 166 valence electrons. The summed E-state index contributed by atoms with van der Waals surface area (Å²) in [4.78, 5) is 31.2. The molecular formula is C22H24N6O4. The fraction of sp³-hybridized carbons (Fsp3) is 0.273. The van der Waals surface area contributed by atoms with Crippen molar-refractivity contribution in [1.82, 2.24) is 20.4 Å². The highest BCUT2D eigenvalue weighted by Crippen LogP contribution is 2.17. The molecule has 0 aliphatic carbocycles. The second-order valence-electron chi connectivity index (χ2n) is 7.18. The standard InChI is InChI=1S/C22H24N6O4/c1-31-16-9-7-15(8-10-16)21-27-32-14-28(21)13-19(29)23-11-4-12-24-20-17-5-2-3-6-18(17)22(30)26-25-20/h2-3,5-10H,4,11-14H2,1H3,(H,23,29)(H,24,25)(H,26,30). The van der Waals surface area contributed by atoms with E-state index in [1.165, 1.54) is 0 Å². The number of hydrogen-bond acceptors (Lipinski definition) is 8. The number of aromatic amines is 1. The van der Waals surface area contributed by atoms with Crippen LogP contribution in [0.15, 0.2) is 58.5 Å². The molecule has 0 unspecified atom stereocenters. The van der Waals surface area contributed by atoms with Crippen molar-refractivity contribution < 1.29 is 14.4 Å². The molecule has 3 aromatic rings. The molecule has 1 aliphatic heterocycles. The summed E-state index contributed by atoms with van der Waals surface area (Å²) in [6.45, 7) is 1.46. The average molecular weight is 436 g/mol. The first-order valence-corrected chi connectivity index (χ1v) is 10.2. The highest BCUT2D eigenvalue weighted by molar-refractivity contribution is 6.00. The lowest BCUT2D eigenvalue weighted by Gasteiger charge is -2.17. The van der Waals surface area contributed by atoms with Crippen LogP contribution in [0, 0.1) is 0 Å². The fourth-order valence-corrected chi connectivity index (χ4v) is 3.38. The van der Waals surface area contributed by atoms with Crippen LogP contribution in [0.4, 0.5) is 5.82 Å². The zero-order valence-electron chi connectivity index (χ0n) is 17.6. The Morgan fingerprint density at radius 2 is 1.94 bits per heavy atom. The third kappa shape index (κ3) is 4.80. The van der Waals surface area contributed by atoms with Crippen LogP contribution in [-0.2, 0) is 9.63 Å². The lowest BCUT2D eigenvalue weighted by molar-refractivity contribution is -0.121. The number of carbonyl (C=O) groups excluding carboxylic acids is 1. The Bertz CT molecular complexity index is 1180. The third-order valence-electron chi connectivity index (χ3n) is 5.01. The molecule has 10 heteroatoms. The molecule has 32 heavy (non-hydrogen) atoms. The average Bonchev–Trinajstić information content (AvgIpc) is 3.28. The Hall–Kier alpha value is -4.08. The van der Waals surface area contributed by atoms with Crippen molar-refractivity contribution in [1.29, 1.82) is 0 Å². The van der Waals surface area contributed by atoms with Crippen LogP contribution in [0.25, 0.3) is 10.8 Å². The molecule has 0 spiro atoms. The number of aromatic nitrogens is 2. The number of carbonyl (C=O) groups is 1. The van der Waals surface area contributed by atoms with Crippen molar-refractivity contribution in [2.45, 2.75) is 6.42 Å². The van der Waals surface area contributed by atoms with Crippen LogP contribution in [0.5, 0.6) is 5.75 Å². The predicted octanol–water partition coefficient (Wildman–Crippen LogP) is 1.50. The van der Waals surface area contributed by atoms with Gasteiger partial charge in [0.1, 0.15) is 12.3 Å². The number of rotatable bonds is 9. The van der Waals surface area contributed by atoms with E-state index in [1.54, 1.807) is 18.1 Å². The molecule has 4 rings (SSSR count). The van der Waals surface area contributed by atoms with Gasteiger partial charge in [0.25, 0.3) is 5.56 Å². The summed E-state index contributed by atoms with van der Waals surface area (Å²) in [5, 5.41) is 18.1. The van der Waals surface area contributed by atoms with E-state index in [2.05, 4.69) is 26.0 Å². The molecule has 2 heterocycles. The van der Waals surface area contributed by atoms with Crippen LogP contribution in [0.3, 0.4) is 0 Å². The van der Waals surface area contributed by atoms with Crippen LogP contribution in [0.2, 0.25) is 0 Å². The summed E-state index contributed by atoms with van der Waals surface area (Å²) in [5.74, 6) is 1.85. The Kier molecular flexibility index (Phi) is 6.49. The molecule has 1 amide bonds. The van der Waals surface area contributed by atoms with E-state index in [9.17, 15) is 9.59 Å². The minimum absolute atomic E-state index is 0.121. The van der Waals surface area contributed by atoms with Crippen molar-refractivity contribution in [3.05, 3.63) is 64.4 Å². The Labute approximate surface area is 184 Å². The monoisotopic (exact) mass is 436 g/mol. The van der Waals surface area contributed by atoms with Crippen molar-refractivity contribution in [2.24, 2.45) is 5.16 Å². The maximum absolute atomic E-state index is 12.4. The van der Waals surface area contributed by atoms with E-state index >= 15 is 0 Å². The van der Waals surface area contributed by atoms with Gasteiger partial charge in [0, 0.05) is 24.0 Å². The lowest BCUT2D eigenvalue weighted by atomic mass is 10.2. The number of hydrogen-bond donors (Lipinski definition) is 3. The minimum atomic E-state index is -0.221. The Morgan fingerprint density at radius 3 is 2.72 bits per heavy atom. The van der Waals surface area contributed by atoms with Gasteiger partial charge in [-0.2, -0.15) is 5.10 Å². The summed E-state index contributed by atoms with van der Waals surface area (Å²) in [7, 11) is 1.61. The van der Waals surface area contributed by atoms with Crippen molar-refractivity contribution in [3.8, 4) is 5.75 Å². The molecule has 3 N–H and O–H groups in total. The zero-order valence-corrected chi connectivity index (χ0v) is 17.6. The van der Waals surface area contributed by atoms with Crippen molar-refractivity contribution >= 4 is 28.3 Å². The van der Waals surface area contributed by atoms with Crippen LogP contribution in [0.1, 0.15) is 12.0 Å². The number of nitrogens with one attached hydrogen (secondary N) is 3. The molecule has 0 radical (unpaired) electrons. The summed E-state index contributed by atoms with van der Waals surface area (Å²) in [5.41, 5.74) is 0.628. The second kappa shape index (κ2) is 9.82. The number of nitrogens with zero attached hydrogens (tertiary/aromatic N) is 3. The van der Waals surface area contributed by atoms with Crippen LogP contribution < -0.4 is 20.9 Å². The summed E-state index contributed by atoms with van der Waals surface area (Å²) in [6.07, 6.45) is 0.691. The molecular weight excluding hydrogens is 412 g/mol. The second-order valence-corrected chi connectivity index (χ2v) is 7.18. The molecule has 2 aromatic carbocycles. The molecule has 0 atom stereocenters. The summed E-state index contributed by atoms with van der Waals surface area (Å²) in [6, 6.07) is 14.7. The molecule has 1 aliphatic rings. The molecule has 0 bridgehead atoms. The normalized spacial score (nSPS) is 12.9. The first kappa shape index (κ1) is 21.2. The van der Waals surface area contributed by atoms with Crippen molar-refractivity contribution in [2.75, 3.05) is 38.8 Å². The zero-order chi connectivity index (χ0) is 22.3. The smallest absolute Gasteiger partial charge is 0.272 e. The number of fused-ring (bicyclic) bond motifs is 1. The lowest BCUT2D eigenvalue weighted by Crippen LogP contribution is -2.39. The number of H-pyrrole nitrogens is 1. The largest absolute Gasteiger partial charge is 0.497 e. The summed E-state index contributed by atoms with van der Waals surface area (Å²) < 4.78 is 5.17. The summed E-state index contributed by atoms with van der Waals surface area (Å²) >= 11 is 0. The molecule has 0 fully saturated rings. The number of anilines is 1. The van der Waals surface area contributed by atoms with Gasteiger partial charge in [-0.3, -0.25) is 9.59 Å². The topological polar surface area (TPSA) is 121 Å². The maximum atomic E-state index is 12.4. The van der Waals surface area contributed by atoms with Gasteiger partial charge in [0.2, 0.25) is 5.91 Å². The maximum Gasteiger partial charge on any atom is 0.272 e. The van der Waals surface area contributed by atoms with E-state index in [-0.39, 0.29) is 24.7 Å². The van der Waals surface area contributed by atoms with Gasteiger partial charge in [-0.15, -0.1) is 0 Å². The molecule has 10 nitrogen and oxygen atoms in total. The number of oxime groups is 1. The van der Waals surface area contributed by atoms with Crippen LogP contribution in [-0.4, -0.2) is 60.3 Å². The Morgan fingerprint density at radius 1 is 1.16 bits per heavy atom. The van der Waals surface area contributed by atoms with Gasteiger partial charge in [-0.1, -0.05) is 23.4 Å². The van der Waals surface area contributed by atoms with Gasteiger partial charge in [-0.25, -0.2) is 5.10 Å². The third-order valence-corrected chi connectivity index (χ3v) is 5.01. The number of amides is 1. The number of methoxy groups -OCH3 is 1. The van der Waals surface area contributed by atoms with Gasteiger partial charge in [0.15, 0.2) is 18.4 Å². The van der Waals surface area contributed by atoms with Gasteiger partial charge in [0.05, 0.1) is 12.5 Å². The fourth-order valence-electron chi connectivity index (χ4n) is 3.38. The van der Waals surface area contributed by atoms with Gasteiger partial charge in [-0.05, 0) is 36.8 Å². The number of amidine groups is 1. The number of benzene rings is 2. The minimum Gasteiger partial charge on any atom is -0.497 e. The highest BCUT2D eigenvalue weighted by atomic mass is 16.7. The predicted molar refractivity (Wildman–Crippen MR) is 121 cm³/mol. The highest BCUT2D eigenvalue weighted by Gasteiger charge is 2.22. The van der Waals surface area contributed by atoms with Crippen LogP contribution >= 0.6 is 0 Å². The van der Waals surface area contributed by atoms with E-state index in [0.717, 1.165) is 16.7 Å². The van der Waals surface area contributed by atoms with Gasteiger partial charge < -0.3 is 25.1 Å². The van der Waals surface area contributed by atoms with E-state index in [0.29, 0.717) is 36.6 Å². The molecule has 0 saturated heterocycles. The van der Waals surface area contributed by atoms with Crippen molar-refractivity contribution in [3.63, 3.8) is 0 Å². The SMILES string of the molecule is COc1ccc(C2=NOCN2CC(=O)NCCCNc2n[nH]c(=O)c3ccccc23)cc1. The molecule has 0 saturated carbocycles. The quantitative estimate of drug-likeness (QED) is 0.435. The van der Waals surface area contributed by atoms with E-state index < -0.39 is 0 Å². The molecule has 1 aromatic heterocycles. The first-order chi connectivity index (χ1) is 15.7. The van der Waals surface area contributed by atoms with Gasteiger partial charge >= 0.3 is 0 Å². The van der Waals surface area contributed by atoms with E-state index in [1.807, 2.05) is 42.5 Å². The number of ether oxygens (including phenoxy) is 1. The Balaban J connectivity index is 1.23.